The van der Waals surface area contributed by atoms with Gasteiger partial charge in [0.1, 0.15) is 0 Å². The van der Waals surface area contributed by atoms with Crippen LogP contribution in [-0.4, -0.2) is 49.9 Å². The monoisotopic (exact) mass is 211 g/mol. The Bertz CT molecular complexity index is 253. The molecule has 0 aliphatic rings. The minimum absolute atomic E-state index is 0.0901. The fourth-order valence-electron chi connectivity index (χ4n) is 0.978. The Morgan fingerprint density at radius 3 is 2.27 bits per heavy atom. The van der Waals surface area contributed by atoms with Crippen molar-refractivity contribution >= 4 is 5.91 Å². The van der Waals surface area contributed by atoms with Crippen LogP contribution in [0.3, 0.4) is 0 Å². The van der Waals surface area contributed by atoms with Crippen LogP contribution in [0.1, 0.15) is 20.3 Å². The predicted octanol–water partition coefficient (Wildman–Crippen LogP) is 0.946. The van der Waals surface area contributed by atoms with Gasteiger partial charge in [-0.3, -0.25) is 9.69 Å². The van der Waals surface area contributed by atoms with Crippen LogP contribution in [0.15, 0.2) is 0 Å². The minimum atomic E-state index is -0.310. The fraction of sp³-hybridized carbons (Fsp3) is 0.818. The molecule has 0 heterocycles. The van der Waals surface area contributed by atoms with E-state index in [-0.39, 0.29) is 11.3 Å². The molecule has 0 aromatic rings. The highest BCUT2D eigenvalue weighted by molar-refractivity contribution is 5.77. The second kappa shape index (κ2) is 5.72. The molecule has 0 bridgehead atoms. The van der Waals surface area contributed by atoms with Crippen LogP contribution in [0.25, 0.3) is 0 Å². The van der Waals surface area contributed by atoms with Crippen LogP contribution in [0.2, 0.25) is 0 Å². The molecule has 0 fully saturated rings. The summed E-state index contributed by atoms with van der Waals surface area (Å²) in [5.74, 6) is 0.0901. The van der Waals surface area contributed by atoms with Gasteiger partial charge in [0.05, 0.1) is 18.0 Å². The quantitative estimate of drug-likeness (QED) is 0.680. The number of carbonyl (C=O) groups is 1. The normalized spacial score (nSPS) is 11.3. The molecule has 1 amide bonds. The van der Waals surface area contributed by atoms with E-state index in [9.17, 15) is 4.79 Å². The van der Waals surface area contributed by atoms with Crippen molar-refractivity contribution in [1.82, 2.24) is 9.80 Å². The summed E-state index contributed by atoms with van der Waals surface area (Å²) in [5.41, 5.74) is -0.310. The molecular weight excluding hydrogens is 190 g/mol. The maximum absolute atomic E-state index is 11.4. The summed E-state index contributed by atoms with van der Waals surface area (Å²) in [5, 5.41) is 8.83. The molecule has 0 saturated carbocycles. The molecule has 0 N–H and O–H groups in total. The Morgan fingerprint density at radius 2 is 1.87 bits per heavy atom. The number of likely N-dealkylation sites (N-methyl/N-ethyl adjacent to an activating group) is 2. The molecule has 0 spiro atoms. The van der Waals surface area contributed by atoms with E-state index in [1.807, 2.05) is 25.8 Å². The van der Waals surface area contributed by atoms with Crippen LogP contribution >= 0.6 is 0 Å². The molecule has 0 aliphatic heterocycles. The maximum atomic E-state index is 11.4. The van der Waals surface area contributed by atoms with Crippen LogP contribution in [-0.2, 0) is 4.79 Å². The van der Waals surface area contributed by atoms with Crippen molar-refractivity contribution < 1.29 is 4.79 Å². The number of carbonyl (C=O) groups excluding carboxylic acids is 1. The van der Waals surface area contributed by atoms with Gasteiger partial charge in [0, 0.05) is 14.1 Å². The van der Waals surface area contributed by atoms with Crippen molar-refractivity contribution in [2.75, 3.05) is 34.2 Å². The Hall–Kier alpha value is -1.08. The number of amides is 1. The van der Waals surface area contributed by atoms with Gasteiger partial charge in [-0.2, -0.15) is 5.26 Å². The van der Waals surface area contributed by atoms with Gasteiger partial charge in [-0.15, -0.1) is 0 Å². The first-order valence-corrected chi connectivity index (χ1v) is 5.08. The van der Waals surface area contributed by atoms with E-state index in [0.717, 1.165) is 13.0 Å². The second-order valence-corrected chi connectivity index (χ2v) is 4.77. The van der Waals surface area contributed by atoms with Gasteiger partial charge in [0.25, 0.3) is 0 Å². The first-order valence-electron chi connectivity index (χ1n) is 5.08. The third kappa shape index (κ3) is 6.08. The molecule has 0 unspecified atom stereocenters. The van der Waals surface area contributed by atoms with Gasteiger partial charge < -0.3 is 4.90 Å². The molecule has 0 aromatic carbocycles. The number of rotatable bonds is 5. The average molecular weight is 211 g/mol. The van der Waals surface area contributed by atoms with Crippen molar-refractivity contribution in [3.63, 3.8) is 0 Å². The summed E-state index contributed by atoms with van der Waals surface area (Å²) in [7, 11) is 5.39. The zero-order valence-corrected chi connectivity index (χ0v) is 10.4. The first-order chi connectivity index (χ1) is 6.78. The summed E-state index contributed by atoms with van der Waals surface area (Å²) < 4.78 is 0. The summed E-state index contributed by atoms with van der Waals surface area (Å²) in [4.78, 5) is 14.9. The van der Waals surface area contributed by atoms with Gasteiger partial charge in [-0.05, 0) is 33.9 Å². The van der Waals surface area contributed by atoms with E-state index in [4.69, 9.17) is 5.26 Å². The van der Waals surface area contributed by atoms with Crippen molar-refractivity contribution in [3.8, 4) is 6.07 Å². The molecule has 0 atom stereocenters. The smallest absolute Gasteiger partial charge is 0.236 e. The molecule has 4 heteroatoms. The van der Waals surface area contributed by atoms with E-state index in [1.54, 1.807) is 19.0 Å². The Labute approximate surface area is 92.5 Å². The lowest BCUT2D eigenvalue weighted by atomic mass is 9.91. The van der Waals surface area contributed by atoms with Crippen LogP contribution in [0, 0.1) is 16.7 Å². The van der Waals surface area contributed by atoms with Gasteiger partial charge in [-0.1, -0.05) is 0 Å². The molecule has 0 radical (unpaired) electrons. The van der Waals surface area contributed by atoms with Crippen molar-refractivity contribution in [3.05, 3.63) is 0 Å². The van der Waals surface area contributed by atoms with E-state index < -0.39 is 0 Å². The van der Waals surface area contributed by atoms with Crippen molar-refractivity contribution in [2.45, 2.75) is 20.3 Å². The van der Waals surface area contributed by atoms with E-state index in [0.29, 0.717) is 6.54 Å². The topological polar surface area (TPSA) is 47.3 Å². The minimum Gasteiger partial charge on any atom is -0.348 e. The van der Waals surface area contributed by atoms with Crippen LogP contribution in [0.4, 0.5) is 0 Å². The third-order valence-corrected chi connectivity index (χ3v) is 2.33. The van der Waals surface area contributed by atoms with E-state index in [1.165, 1.54) is 0 Å². The second-order valence-electron chi connectivity index (χ2n) is 4.77. The Balaban J connectivity index is 3.92. The Morgan fingerprint density at radius 1 is 1.33 bits per heavy atom. The summed E-state index contributed by atoms with van der Waals surface area (Å²) in [6.07, 6.45) is 0.778. The number of nitrogens with zero attached hydrogens (tertiary/aromatic N) is 3. The fourth-order valence-corrected chi connectivity index (χ4v) is 0.978. The summed E-state index contributed by atoms with van der Waals surface area (Å²) in [6, 6.07) is 2.25. The van der Waals surface area contributed by atoms with Gasteiger partial charge in [-0.25, -0.2) is 0 Å². The Kier molecular flexibility index (Phi) is 5.31. The van der Waals surface area contributed by atoms with Gasteiger partial charge in [0.15, 0.2) is 0 Å². The van der Waals surface area contributed by atoms with E-state index >= 15 is 0 Å². The maximum Gasteiger partial charge on any atom is 0.236 e. The molecule has 0 rings (SSSR count). The van der Waals surface area contributed by atoms with Crippen LogP contribution < -0.4 is 0 Å². The lowest BCUT2D eigenvalue weighted by Crippen LogP contribution is -2.35. The summed E-state index contributed by atoms with van der Waals surface area (Å²) in [6.45, 7) is 5.00. The lowest BCUT2D eigenvalue weighted by Gasteiger charge is -2.22. The number of hydrogen-bond acceptors (Lipinski definition) is 3. The van der Waals surface area contributed by atoms with E-state index in [2.05, 4.69) is 6.07 Å². The standard InChI is InChI=1S/C11H21N3O/c1-11(2,9-12)6-7-14(5)8-10(15)13(3)4/h6-8H2,1-5H3. The molecule has 0 aliphatic carbocycles. The lowest BCUT2D eigenvalue weighted by molar-refractivity contribution is -0.129. The number of hydrogen-bond donors (Lipinski definition) is 0. The molecule has 0 aromatic heterocycles. The molecular formula is C11H21N3O. The van der Waals surface area contributed by atoms with Gasteiger partial charge in [0.2, 0.25) is 5.91 Å². The zero-order chi connectivity index (χ0) is 12.1. The predicted molar refractivity (Wildman–Crippen MR) is 60.2 cm³/mol. The van der Waals surface area contributed by atoms with Gasteiger partial charge >= 0.3 is 0 Å². The summed E-state index contributed by atoms with van der Waals surface area (Å²) >= 11 is 0. The first kappa shape index (κ1) is 13.9. The van der Waals surface area contributed by atoms with Crippen LogP contribution in [0.5, 0.6) is 0 Å². The van der Waals surface area contributed by atoms with Crippen molar-refractivity contribution in [1.29, 1.82) is 5.26 Å². The largest absolute Gasteiger partial charge is 0.348 e. The SMILES string of the molecule is CN(CCC(C)(C)C#N)CC(=O)N(C)C. The third-order valence-electron chi connectivity index (χ3n) is 2.33. The number of nitriles is 1. The molecule has 0 saturated heterocycles. The highest BCUT2D eigenvalue weighted by atomic mass is 16.2. The highest BCUT2D eigenvalue weighted by Crippen LogP contribution is 2.18. The van der Waals surface area contributed by atoms with Crippen molar-refractivity contribution in [2.24, 2.45) is 5.41 Å². The molecule has 15 heavy (non-hydrogen) atoms. The molecule has 4 nitrogen and oxygen atoms in total. The average Bonchev–Trinajstić information content (AvgIpc) is 2.15. The zero-order valence-electron chi connectivity index (χ0n) is 10.4. The highest BCUT2D eigenvalue weighted by Gasteiger charge is 2.18. The molecule has 86 valence electrons.